The van der Waals surface area contributed by atoms with Gasteiger partial charge in [-0.25, -0.2) is 0 Å². The molecule has 0 amide bonds. The molecule has 0 aliphatic heterocycles. The smallest absolute Gasteiger partial charge is 0.143 e. The van der Waals surface area contributed by atoms with Crippen molar-refractivity contribution in [3.63, 3.8) is 0 Å². The number of para-hydroxylation sites is 4. The van der Waals surface area contributed by atoms with E-state index in [1.54, 1.807) is 0 Å². The molecule has 0 radical (unpaired) electrons. The Hall–Kier alpha value is -8.14. The number of rotatable bonds is 8. The second-order valence-electron chi connectivity index (χ2n) is 17.1. The quantitative estimate of drug-likeness (QED) is 0.153. The van der Waals surface area contributed by atoms with Gasteiger partial charge in [-0.3, -0.25) is 0 Å². The number of anilines is 2. The van der Waals surface area contributed by atoms with E-state index in [1.807, 2.05) is 18.2 Å². The fraction of sp³-hybridized carbons (Fsp3) is 0.0492. The molecule has 304 valence electrons. The third kappa shape index (κ3) is 6.53. The molecule has 2 aromatic heterocycles. The zero-order valence-electron chi connectivity index (χ0n) is 35.4. The summed E-state index contributed by atoms with van der Waals surface area (Å²) in [4.78, 5) is 2.38. The molecule has 0 saturated heterocycles. The summed E-state index contributed by atoms with van der Waals surface area (Å²) in [5.41, 5.74) is 17.2. The molecule has 1 aliphatic carbocycles. The van der Waals surface area contributed by atoms with Crippen molar-refractivity contribution >= 4 is 55.3 Å². The Morgan fingerprint density at radius 2 is 0.875 bits per heavy atom. The first-order valence-electron chi connectivity index (χ1n) is 22.0. The van der Waals surface area contributed by atoms with Crippen molar-refractivity contribution in [2.24, 2.45) is 0 Å². The standard InChI is InChI=1S/C61H43NO2/c1-61(56-23-13-22-55-53-19-9-11-25-58(53)64-60(55)56)36-34-50(35-37-61)62(49-32-28-44(29-33-49)51-20-12-21-54-52-18-8-10-24-57(52)63-59(51)54)48-30-26-43(27-31-48)47-39-45(41-14-4-2-5-15-41)38-46(40-47)42-16-6-3-7-17-42/h2-36,38-40H,37H2,1H3. The Kier molecular flexibility index (Phi) is 9.01. The number of hydrogen-bond donors (Lipinski definition) is 0. The molecular formula is C61H43NO2. The highest BCUT2D eigenvalue weighted by molar-refractivity contribution is 6.09. The first-order valence-corrected chi connectivity index (χ1v) is 22.0. The first-order chi connectivity index (χ1) is 31.6. The van der Waals surface area contributed by atoms with Gasteiger partial charge in [0.25, 0.3) is 0 Å². The zero-order valence-corrected chi connectivity index (χ0v) is 35.4. The second-order valence-corrected chi connectivity index (χ2v) is 17.1. The minimum absolute atomic E-state index is 0.262. The molecule has 3 nitrogen and oxygen atoms in total. The maximum Gasteiger partial charge on any atom is 0.143 e. The van der Waals surface area contributed by atoms with E-state index in [0.717, 1.165) is 84.1 Å². The molecule has 11 aromatic rings. The monoisotopic (exact) mass is 821 g/mol. The van der Waals surface area contributed by atoms with Crippen LogP contribution in [0.5, 0.6) is 0 Å². The molecule has 12 rings (SSSR count). The molecule has 0 saturated carbocycles. The lowest BCUT2D eigenvalue weighted by Crippen LogP contribution is -2.24. The van der Waals surface area contributed by atoms with Crippen LogP contribution in [0.25, 0.3) is 88.4 Å². The van der Waals surface area contributed by atoms with Crippen LogP contribution in [-0.2, 0) is 5.41 Å². The van der Waals surface area contributed by atoms with E-state index < -0.39 is 0 Å². The number of furan rings is 2. The molecule has 9 aromatic carbocycles. The summed E-state index contributed by atoms with van der Waals surface area (Å²) < 4.78 is 13.0. The summed E-state index contributed by atoms with van der Waals surface area (Å²) in [5, 5.41) is 4.57. The van der Waals surface area contributed by atoms with E-state index in [9.17, 15) is 0 Å². The zero-order chi connectivity index (χ0) is 42.6. The van der Waals surface area contributed by atoms with E-state index in [-0.39, 0.29) is 5.41 Å². The van der Waals surface area contributed by atoms with Crippen LogP contribution in [0.1, 0.15) is 18.9 Å². The van der Waals surface area contributed by atoms with Crippen LogP contribution in [0, 0.1) is 0 Å². The van der Waals surface area contributed by atoms with Crippen molar-refractivity contribution in [2.45, 2.75) is 18.8 Å². The fourth-order valence-electron chi connectivity index (χ4n) is 9.69. The van der Waals surface area contributed by atoms with E-state index in [0.29, 0.717) is 0 Å². The van der Waals surface area contributed by atoms with Crippen molar-refractivity contribution in [2.75, 3.05) is 4.90 Å². The van der Waals surface area contributed by atoms with Crippen molar-refractivity contribution in [3.8, 4) is 44.5 Å². The molecule has 1 aliphatic rings. The topological polar surface area (TPSA) is 29.5 Å². The third-order valence-corrected chi connectivity index (χ3v) is 13.1. The van der Waals surface area contributed by atoms with Crippen LogP contribution < -0.4 is 4.90 Å². The summed E-state index contributed by atoms with van der Waals surface area (Å²) in [7, 11) is 0. The van der Waals surface area contributed by atoms with Crippen LogP contribution in [-0.4, -0.2) is 0 Å². The number of nitrogens with zero attached hydrogens (tertiary/aromatic N) is 1. The van der Waals surface area contributed by atoms with E-state index in [1.165, 1.54) is 33.4 Å². The maximum absolute atomic E-state index is 6.55. The Balaban J connectivity index is 0.939. The van der Waals surface area contributed by atoms with Crippen LogP contribution in [0.3, 0.4) is 0 Å². The van der Waals surface area contributed by atoms with Gasteiger partial charge in [0.2, 0.25) is 0 Å². The lowest BCUT2D eigenvalue weighted by atomic mass is 9.76. The summed E-state index contributed by atoms with van der Waals surface area (Å²) >= 11 is 0. The molecule has 64 heavy (non-hydrogen) atoms. The average molecular weight is 822 g/mol. The Morgan fingerprint density at radius 1 is 0.406 bits per heavy atom. The fourth-order valence-corrected chi connectivity index (χ4v) is 9.69. The summed E-state index contributed by atoms with van der Waals surface area (Å²) in [6.07, 6.45) is 7.85. The predicted molar refractivity (Wildman–Crippen MR) is 267 cm³/mol. The highest BCUT2D eigenvalue weighted by atomic mass is 16.3. The van der Waals surface area contributed by atoms with E-state index in [4.69, 9.17) is 8.83 Å². The normalized spacial score (nSPS) is 15.0. The Morgan fingerprint density at radius 3 is 1.44 bits per heavy atom. The number of benzene rings is 9. The summed E-state index contributed by atoms with van der Waals surface area (Å²) in [5.74, 6) is 0. The highest BCUT2D eigenvalue weighted by Crippen LogP contribution is 2.44. The van der Waals surface area contributed by atoms with Crippen molar-refractivity contribution in [3.05, 3.63) is 242 Å². The molecule has 0 fully saturated rings. The van der Waals surface area contributed by atoms with Gasteiger partial charge in [0.1, 0.15) is 22.3 Å². The number of allylic oxidation sites excluding steroid dienone is 3. The van der Waals surface area contributed by atoms with Crippen LogP contribution in [0.4, 0.5) is 11.4 Å². The van der Waals surface area contributed by atoms with Gasteiger partial charge in [0, 0.05) is 55.2 Å². The molecule has 2 heterocycles. The first kappa shape index (κ1) is 37.6. The van der Waals surface area contributed by atoms with Crippen molar-refractivity contribution in [1.29, 1.82) is 0 Å². The lowest BCUT2D eigenvalue weighted by molar-refractivity contribution is 0.577. The van der Waals surface area contributed by atoms with Gasteiger partial charge < -0.3 is 13.7 Å². The Bertz CT molecular complexity index is 3520. The molecule has 0 bridgehead atoms. The van der Waals surface area contributed by atoms with Crippen LogP contribution in [0.2, 0.25) is 0 Å². The summed E-state index contributed by atoms with van der Waals surface area (Å²) in [6, 6.07) is 75.8. The van der Waals surface area contributed by atoms with Gasteiger partial charge in [-0.05, 0) is 106 Å². The van der Waals surface area contributed by atoms with Gasteiger partial charge in [0.15, 0.2) is 0 Å². The molecule has 0 N–H and O–H groups in total. The van der Waals surface area contributed by atoms with Crippen LogP contribution in [0.15, 0.2) is 245 Å². The molecular weight excluding hydrogens is 779 g/mol. The molecule has 1 unspecified atom stereocenters. The third-order valence-electron chi connectivity index (χ3n) is 13.1. The maximum atomic E-state index is 6.55. The molecule has 0 spiro atoms. The van der Waals surface area contributed by atoms with Gasteiger partial charge in [-0.15, -0.1) is 0 Å². The van der Waals surface area contributed by atoms with Crippen LogP contribution >= 0.6 is 0 Å². The number of fused-ring (bicyclic) bond motifs is 6. The van der Waals surface area contributed by atoms with Gasteiger partial charge in [-0.2, -0.15) is 0 Å². The van der Waals surface area contributed by atoms with Gasteiger partial charge >= 0.3 is 0 Å². The minimum atomic E-state index is -0.262. The Labute approximate surface area is 372 Å². The van der Waals surface area contributed by atoms with Gasteiger partial charge in [-0.1, -0.05) is 177 Å². The lowest BCUT2D eigenvalue weighted by Gasteiger charge is -2.33. The van der Waals surface area contributed by atoms with Crippen molar-refractivity contribution < 1.29 is 8.83 Å². The largest absolute Gasteiger partial charge is 0.456 e. The SMILES string of the molecule is CC1(c2cccc3c2oc2ccccc23)C=CC(N(c2ccc(-c3cc(-c4ccccc4)cc(-c4ccccc4)c3)cc2)c2ccc(-c3cccc4c3oc3ccccc34)cc2)=CC1. The highest BCUT2D eigenvalue weighted by Gasteiger charge is 2.30. The number of hydrogen-bond acceptors (Lipinski definition) is 3. The van der Waals surface area contributed by atoms with E-state index >= 15 is 0 Å². The van der Waals surface area contributed by atoms with Crippen molar-refractivity contribution in [1.82, 2.24) is 0 Å². The second kappa shape index (κ2) is 15.3. The minimum Gasteiger partial charge on any atom is -0.456 e. The van der Waals surface area contributed by atoms with Gasteiger partial charge in [0.05, 0.1) is 0 Å². The van der Waals surface area contributed by atoms with E-state index in [2.05, 4.69) is 224 Å². The molecule has 3 heteroatoms. The summed E-state index contributed by atoms with van der Waals surface area (Å²) in [6.45, 7) is 2.32. The molecule has 1 atom stereocenters. The predicted octanol–water partition coefficient (Wildman–Crippen LogP) is 17.1. The average Bonchev–Trinajstić information content (AvgIpc) is 3.94.